The van der Waals surface area contributed by atoms with E-state index in [-0.39, 0.29) is 24.5 Å². The standard InChI is InChI=1S/C24H26N2O4/c1-4-17-11-13-18(14-12-17)25-23(28)20-15-21(27)26(19-9-7-6-8-10-19)16(3)22(20)24(29)30-5-2/h6-14,20H,4-5,15H2,1-3H3,(H,25,28). The van der Waals surface area contributed by atoms with E-state index in [0.717, 1.165) is 12.0 Å². The maximum Gasteiger partial charge on any atom is 0.336 e. The maximum atomic E-state index is 13.1. The van der Waals surface area contributed by atoms with E-state index in [1.165, 1.54) is 4.90 Å². The average Bonchev–Trinajstić information content (AvgIpc) is 2.74. The summed E-state index contributed by atoms with van der Waals surface area (Å²) >= 11 is 0. The van der Waals surface area contributed by atoms with Gasteiger partial charge in [0.15, 0.2) is 0 Å². The maximum absolute atomic E-state index is 13.1. The number of aryl methyl sites for hydroxylation is 1. The van der Waals surface area contributed by atoms with Crippen LogP contribution in [0, 0.1) is 5.92 Å². The van der Waals surface area contributed by atoms with Gasteiger partial charge in [0.1, 0.15) is 0 Å². The summed E-state index contributed by atoms with van der Waals surface area (Å²) in [4.78, 5) is 40.2. The van der Waals surface area contributed by atoms with Crippen molar-refractivity contribution in [3.8, 4) is 0 Å². The molecule has 156 valence electrons. The van der Waals surface area contributed by atoms with Gasteiger partial charge in [-0.15, -0.1) is 0 Å². The van der Waals surface area contributed by atoms with Gasteiger partial charge in [0.05, 0.1) is 18.1 Å². The van der Waals surface area contributed by atoms with Crippen LogP contribution < -0.4 is 10.2 Å². The smallest absolute Gasteiger partial charge is 0.336 e. The SMILES string of the molecule is CCOC(=O)C1=C(C)N(c2ccccc2)C(=O)CC1C(=O)Nc1ccc(CC)cc1. The summed E-state index contributed by atoms with van der Waals surface area (Å²) in [7, 11) is 0. The minimum absolute atomic E-state index is 0.112. The Balaban J connectivity index is 1.95. The number of nitrogens with zero attached hydrogens (tertiary/aromatic N) is 1. The minimum atomic E-state index is -0.914. The first-order chi connectivity index (χ1) is 14.5. The number of carbonyl (C=O) groups is 3. The second-order valence-corrected chi connectivity index (χ2v) is 7.08. The molecule has 2 aromatic carbocycles. The van der Waals surface area contributed by atoms with E-state index in [4.69, 9.17) is 4.74 Å². The van der Waals surface area contributed by atoms with Crippen LogP contribution in [0.5, 0.6) is 0 Å². The van der Waals surface area contributed by atoms with Gasteiger partial charge >= 0.3 is 5.97 Å². The third-order valence-electron chi connectivity index (χ3n) is 5.16. The van der Waals surface area contributed by atoms with Crippen LogP contribution in [0.3, 0.4) is 0 Å². The first-order valence-corrected chi connectivity index (χ1v) is 10.1. The minimum Gasteiger partial charge on any atom is -0.463 e. The van der Waals surface area contributed by atoms with Gasteiger partial charge in [0, 0.05) is 23.5 Å². The first kappa shape index (κ1) is 21.3. The molecule has 1 aliphatic heterocycles. The molecule has 1 aliphatic rings. The van der Waals surface area contributed by atoms with E-state index in [2.05, 4.69) is 12.2 Å². The number of benzene rings is 2. The quantitative estimate of drug-likeness (QED) is 0.734. The van der Waals surface area contributed by atoms with E-state index in [1.54, 1.807) is 26.0 Å². The van der Waals surface area contributed by atoms with Crippen molar-refractivity contribution in [3.63, 3.8) is 0 Å². The van der Waals surface area contributed by atoms with Crippen LogP contribution in [0.15, 0.2) is 65.9 Å². The first-order valence-electron chi connectivity index (χ1n) is 10.1. The van der Waals surface area contributed by atoms with E-state index in [0.29, 0.717) is 17.1 Å². The lowest BCUT2D eigenvalue weighted by molar-refractivity contribution is -0.141. The lowest BCUT2D eigenvalue weighted by atomic mass is 9.88. The lowest BCUT2D eigenvalue weighted by Gasteiger charge is -2.33. The Morgan fingerprint density at radius 2 is 1.73 bits per heavy atom. The topological polar surface area (TPSA) is 75.7 Å². The highest BCUT2D eigenvalue weighted by molar-refractivity contribution is 6.10. The molecule has 0 saturated heterocycles. The molecule has 3 rings (SSSR count). The predicted molar refractivity (Wildman–Crippen MR) is 116 cm³/mol. The third kappa shape index (κ3) is 4.43. The highest BCUT2D eigenvalue weighted by atomic mass is 16.5. The fourth-order valence-corrected chi connectivity index (χ4v) is 3.62. The summed E-state index contributed by atoms with van der Waals surface area (Å²) in [6, 6.07) is 16.6. The van der Waals surface area contributed by atoms with Crippen molar-refractivity contribution < 1.29 is 19.1 Å². The molecule has 0 aromatic heterocycles. The van der Waals surface area contributed by atoms with Crippen LogP contribution in [0.1, 0.15) is 32.8 Å². The number of para-hydroxylation sites is 1. The number of amides is 2. The summed E-state index contributed by atoms with van der Waals surface area (Å²) in [6.07, 6.45) is 0.787. The second-order valence-electron chi connectivity index (χ2n) is 7.08. The molecule has 0 spiro atoms. The summed E-state index contributed by atoms with van der Waals surface area (Å²) < 4.78 is 5.22. The lowest BCUT2D eigenvalue weighted by Crippen LogP contribution is -2.43. The van der Waals surface area contributed by atoms with Gasteiger partial charge < -0.3 is 10.1 Å². The van der Waals surface area contributed by atoms with E-state index < -0.39 is 17.8 Å². The van der Waals surface area contributed by atoms with E-state index >= 15 is 0 Å². The number of anilines is 2. The molecule has 0 bridgehead atoms. The number of hydrogen-bond donors (Lipinski definition) is 1. The molecule has 6 nitrogen and oxygen atoms in total. The number of rotatable bonds is 6. The largest absolute Gasteiger partial charge is 0.463 e. The van der Waals surface area contributed by atoms with Gasteiger partial charge in [-0.05, 0) is 50.1 Å². The number of carbonyl (C=O) groups excluding carboxylic acids is 3. The van der Waals surface area contributed by atoms with Crippen molar-refractivity contribution >= 4 is 29.2 Å². The molecule has 30 heavy (non-hydrogen) atoms. The molecule has 1 atom stereocenters. The summed E-state index contributed by atoms with van der Waals surface area (Å²) in [5.41, 5.74) is 3.05. The molecule has 0 fully saturated rings. The molecule has 6 heteroatoms. The van der Waals surface area contributed by atoms with Crippen LogP contribution in [0.4, 0.5) is 11.4 Å². The molecule has 2 aromatic rings. The molecule has 0 radical (unpaired) electrons. The highest BCUT2D eigenvalue weighted by Crippen LogP contribution is 2.34. The fourth-order valence-electron chi connectivity index (χ4n) is 3.62. The normalized spacial score (nSPS) is 16.4. The van der Waals surface area contributed by atoms with Crippen molar-refractivity contribution in [2.45, 2.75) is 33.6 Å². The number of esters is 1. The number of nitrogens with one attached hydrogen (secondary N) is 1. The van der Waals surface area contributed by atoms with E-state index in [1.807, 2.05) is 42.5 Å². The summed E-state index contributed by atoms with van der Waals surface area (Å²) in [6.45, 7) is 5.62. The average molecular weight is 406 g/mol. The van der Waals surface area contributed by atoms with Crippen molar-refractivity contribution in [1.82, 2.24) is 0 Å². The predicted octanol–water partition coefficient (Wildman–Crippen LogP) is 4.08. The Bertz CT molecular complexity index is 964. The van der Waals surface area contributed by atoms with Crippen LogP contribution in [-0.2, 0) is 25.5 Å². The van der Waals surface area contributed by atoms with Crippen LogP contribution in [0.2, 0.25) is 0 Å². The Morgan fingerprint density at radius 3 is 2.33 bits per heavy atom. The molecule has 0 aliphatic carbocycles. The van der Waals surface area contributed by atoms with Crippen molar-refractivity contribution in [1.29, 1.82) is 0 Å². The molecule has 2 amide bonds. The zero-order valence-electron chi connectivity index (χ0n) is 17.5. The Morgan fingerprint density at radius 1 is 1.07 bits per heavy atom. The number of ether oxygens (including phenoxy) is 1. The Hall–Kier alpha value is -3.41. The Kier molecular flexibility index (Phi) is 6.67. The molecule has 1 N–H and O–H groups in total. The molecule has 0 saturated carbocycles. The van der Waals surface area contributed by atoms with Gasteiger partial charge in [-0.1, -0.05) is 37.3 Å². The van der Waals surface area contributed by atoms with Gasteiger partial charge in [-0.3, -0.25) is 14.5 Å². The second kappa shape index (κ2) is 9.39. The van der Waals surface area contributed by atoms with Gasteiger partial charge in [-0.25, -0.2) is 4.79 Å². The van der Waals surface area contributed by atoms with Crippen molar-refractivity contribution in [2.75, 3.05) is 16.8 Å². The molecule has 1 heterocycles. The summed E-state index contributed by atoms with van der Waals surface area (Å²) in [5, 5.41) is 2.83. The molecular formula is C24H26N2O4. The number of hydrogen-bond acceptors (Lipinski definition) is 4. The van der Waals surface area contributed by atoms with Crippen molar-refractivity contribution in [2.24, 2.45) is 5.92 Å². The van der Waals surface area contributed by atoms with Crippen LogP contribution in [0.25, 0.3) is 0 Å². The molecule has 1 unspecified atom stereocenters. The van der Waals surface area contributed by atoms with Crippen LogP contribution >= 0.6 is 0 Å². The Labute approximate surface area is 176 Å². The zero-order valence-corrected chi connectivity index (χ0v) is 17.5. The van der Waals surface area contributed by atoms with Gasteiger partial charge in [0.25, 0.3) is 0 Å². The van der Waals surface area contributed by atoms with Gasteiger partial charge in [-0.2, -0.15) is 0 Å². The number of allylic oxidation sites excluding steroid dienone is 1. The highest BCUT2D eigenvalue weighted by Gasteiger charge is 2.40. The van der Waals surface area contributed by atoms with E-state index in [9.17, 15) is 14.4 Å². The molecular weight excluding hydrogens is 380 g/mol. The fraction of sp³-hybridized carbons (Fsp3) is 0.292. The van der Waals surface area contributed by atoms with Gasteiger partial charge in [0.2, 0.25) is 11.8 Å². The zero-order chi connectivity index (χ0) is 21.7. The van der Waals surface area contributed by atoms with Crippen molar-refractivity contribution in [3.05, 3.63) is 71.4 Å². The van der Waals surface area contributed by atoms with Crippen LogP contribution in [-0.4, -0.2) is 24.4 Å². The monoisotopic (exact) mass is 406 g/mol. The third-order valence-corrected chi connectivity index (χ3v) is 5.16. The summed E-state index contributed by atoms with van der Waals surface area (Å²) in [5.74, 6) is -2.14.